The zero-order chi connectivity index (χ0) is 13.4. The van der Waals surface area contributed by atoms with E-state index in [1.807, 2.05) is 11.3 Å². The molecule has 0 bridgehead atoms. The summed E-state index contributed by atoms with van der Waals surface area (Å²) in [5.41, 5.74) is 1.46. The predicted octanol–water partition coefficient (Wildman–Crippen LogP) is 3.48. The zero-order valence-corrected chi connectivity index (χ0v) is 12.7. The van der Waals surface area contributed by atoms with Crippen molar-refractivity contribution >= 4 is 21.4 Å². The Morgan fingerprint density at radius 1 is 1.20 bits per heavy atom. The number of benzene rings is 1. The number of fused-ring (bicyclic) bond motifs is 1. The van der Waals surface area contributed by atoms with Gasteiger partial charge in [0.25, 0.3) is 0 Å². The van der Waals surface area contributed by atoms with Gasteiger partial charge in [-0.05, 0) is 60.7 Å². The van der Waals surface area contributed by atoms with Crippen LogP contribution in [0, 0.1) is 5.92 Å². The Balaban J connectivity index is 1.30. The van der Waals surface area contributed by atoms with E-state index in [-0.39, 0.29) is 0 Å². The minimum atomic E-state index is 0.862. The Morgan fingerprint density at radius 3 is 3.00 bits per heavy atom. The van der Waals surface area contributed by atoms with Gasteiger partial charge in [0.05, 0.1) is 0 Å². The van der Waals surface area contributed by atoms with E-state index < -0.39 is 0 Å². The summed E-state index contributed by atoms with van der Waals surface area (Å²) in [6.45, 7) is 4.85. The number of thiophene rings is 1. The molecule has 1 aromatic heterocycles. The second-order valence-electron chi connectivity index (χ2n) is 6.27. The van der Waals surface area contributed by atoms with Crippen molar-refractivity contribution in [3.8, 4) is 0 Å². The number of rotatable bonds is 5. The summed E-state index contributed by atoms with van der Waals surface area (Å²) in [5.74, 6) is 0.862. The Bertz CT molecular complexity index is 587. The van der Waals surface area contributed by atoms with E-state index >= 15 is 0 Å². The molecular weight excluding hydrogens is 264 g/mol. The van der Waals surface area contributed by atoms with E-state index in [9.17, 15) is 0 Å². The molecule has 1 N–H and O–H groups in total. The Morgan fingerprint density at radius 2 is 2.10 bits per heavy atom. The fourth-order valence-electron chi connectivity index (χ4n) is 3.38. The molecule has 0 radical (unpaired) electrons. The van der Waals surface area contributed by atoms with Crippen LogP contribution in [0.3, 0.4) is 0 Å². The third-order valence-corrected chi connectivity index (χ3v) is 5.70. The highest BCUT2D eigenvalue weighted by molar-refractivity contribution is 7.17. The van der Waals surface area contributed by atoms with E-state index in [1.54, 1.807) is 0 Å². The summed E-state index contributed by atoms with van der Waals surface area (Å²) < 4.78 is 1.41. The summed E-state index contributed by atoms with van der Waals surface area (Å²) in [7, 11) is 0. The van der Waals surface area contributed by atoms with Crippen molar-refractivity contribution < 1.29 is 0 Å². The largest absolute Gasteiger partial charge is 0.312 e. The van der Waals surface area contributed by atoms with Crippen molar-refractivity contribution in [1.29, 1.82) is 0 Å². The van der Waals surface area contributed by atoms with Gasteiger partial charge in [-0.25, -0.2) is 0 Å². The molecule has 1 unspecified atom stereocenters. The first-order chi connectivity index (χ1) is 9.90. The predicted molar refractivity (Wildman–Crippen MR) is 86.2 cm³/mol. The molecule has 2 aliphatic rings. The highest BCUT2D eigenvalue weighted by Gasteiger charge is 2.33. The molecular formula is C17H22N2S. The van der Waals surface area contributed by atoms with Crippen LogP contribution < -0.4 is 5.32 Å². The van der Waals surface area contributed by atoms with Gasteiger partial charge in [0, 0.05) is 23.8 Å². The van der Waals surface area contributed by atoms with Crippen LogP contribution in [0.15, 0.2) is 29.6 Å². The van der Waals surface area contributed by atoms with Gasteiger partial charge in [-0.3, -0.25) is 0 Å². The number of hydrogen-bond donors (Lipinski definition) is 1. The summed E-state index contributed by atoms with van der Waals surface area (Å²) >= 11 is 1.86. The van der Waals surface area contributed by atoms with E-state index in [0.29, 0.717) is 0 Å². The van der Waals surface area contributed by atoms with Gasteiger partial charge in [-0.2, -0.15) is 0 Å². The summed E-state index contributed by atoms with van der Waals surface area (Å²) in [4.78, 5) is 2.70. The van der Waals surface area contributed by atoms with Crippen LogP contribution in [-0.2, 0) is 6.54 Å². The van der Waals surface area contributed by atoms with E-state index in [1.165, 1.54) is 54.5 Å². The molecule has 2 aromatic rings. The van der Waals surface area contributed by atoms with Crippen LogP contribution >= 0.6 is 11.3 Å². The average molecular weight is 286 g/mol. The van der Waals surface area contributed by atoms with Crippen molar-refractivity contribution in [2.45, 2.75) is 31.8 Å². The second-order valence-corrected chi connectivity index (χ2v) is 7.18. The quantitative estimate of drug-likeness (QED) is 0.905. The molecule has 3 heteroatoms. The molecule has 2 heterocycles. The molecule has 1 saturated carbocycles. The average Bonchev–Trinajstić information content (AvgIpc) is 3.09. The van der Waals surface area contributed by atoms with E-state index in [0.717, 1.165) is 18.5 Å². The lowest BCUT2D eigenvalue weighted by Gasteiger charge is -2.15. The van der Waals surface area contributed by atoms with Crippen LogP contribution in [0.5, 0.6) is 0 Å². The smallest absolute Gasteiger partial charge is 0.0346 e. The Kier molecular flexibility index (Phi) is 3.51. The fraction of sp³-hybridized carbons (Fsp3) is 0.529. The molecule has 20 heavy (non-hydrogen) atoms. The van der Waals surface area contributed by atoms with Crippen molar-refractivity contribution in [3.05, 3.63) is 35.2 Å². The van der Waals surface area contributed by atoms with Crippen LogP contribution in [0.1, 0.15) is 24.8 Å². The lowest BCUT2D eigenvalue weighted by Crippen LogP contribution is -2.27. The number of nitrogens with one attached hydrogen (secondary N) is 1. The lowest BCUT2D eigenvalue weighted by atomic mass is 10.1. The van der Waals surface area contributed by atoms with Crippen LogP contribution in [0.4, 0.5) is 0 Å². The molecule has 4 rings (SSSR count). The van der Waals surface area contributed by atoms with Gasteiger partial charge in [0.1, 0.15) is 0 Å². The summed E-state index contributed by atoms with van der Waals surface area (Å²) in [6.07, 6.45) is 4.27. The van der Waals surface area contributed by atoms with Gasteiger partial charge < -0.3 is 10.2 Å². The third-order valence-electron chi connectivity index (χ3n) is 4.69. The monoisotopic (exact) mass is 286 g/mol. The molecule has 106 valence electrons. The van der Waals surface area contributed by atoms with E-state index in [2.05, 4.69) is 39.9 Å². The molecule has 1 aliphatic carbocycles. The molecule has 2 fully saturated rings. The van der Waals surface area contributed by atoms with E-state index in [4.69, 9.17) is 0 Å². The summed E-state index contributed by atoms with van der Waals surface area (Å²) in [5, 5.41) is 7.42. The Hall–Kier alpha value is -0.900. The number of nitrogens with zero attached hydrogens (tertiary/aromatic N) is 1. The molecule has 1 aliphatic heterocycles. The number of hydrogen-bond acceptors (Lipinski definition) is 3. The molecule has 2 nitrogen and oxygen atoms in total. The SMILES string of the molecule is c1ccc2c(CNCC3CCN(C4CC4)C3)csc2c1. The first kappa shape index (κ1) is 12.8. The maximum atomic E-state index is 3.68. The van der Waals surface area contributed by atoms with Gasteiger partial charge in [0.15, 0.2) is 0 Å². The maximum Gasteiger partial charge on any atom is 0.0346 e. The molecule has 0 spiro atoms. The third kappa shape index (κ3) is 2.62. The van der Waals surface area contributed by atoms with Crippen LogP contribution in [0.25, 0.3) is 10.1 Å². The Labute approximate surface area is 124 Å². The van der Waals surface area contributed by atoms with Gasteiger partial charge >= 0.3 is 0 Å². The lowest BCUT2D eigenvalue weighted by molar-refractivity contribution is 0.312. The highest BCUT2D eigenvalue weighted by Crippen LogP contribution is 2.31. The zero-order valence-electron chi connectivity index (χ0n) is 11.8. The maximum absolute atomic E-state index is 3.68. The summed E-state index contributed by atoms with van der Waals surface area (Å²) in [6, 6.07) is 9.67. The van der Waals surface area contributed by atoms with Crippen molar-refractivity contribution in [3.63, 3.8) is 0 Å². The molecule has 1 aromatic carbocycles. The van der Waals surface area contributed by atoms with Crippen LogP contribution in [-0.4, -0.2) is 30.6 Å². The topological polar surface area (TPSA) is 15.3 Å². The number of likely N-dealkylation sites (tertiary alicyclic amines) is 1. The molecule has 0 amide bonds. The van der Waals surface area contributed by atoms with Crippen molar-refractivity contribution in [2.24, 2.45) is 5.92 Å². The highest BCUT2D eigenvalue weighted by atomic mass is 32.1. The fourth-order valence-corrected chi connectivity index (χ4v) is 4.34. The normalized spacial score (nSPS) is 23.7. The van der Waals surface area contributed by atoms with Gasteiger partial charge in [-0.15, -0.1) is 11.3 Å². The molecule has 1 atom stereocenters. The first-order valence-corrected chi connectivity index (χ1v) is 8.68. The second kappa shape index (κ2) is 5.47. The van der Waals surface area contributed by atoms with Gasteiger partial charge in [0.2, 0.25) is 0 Å². The first-order valence-electron chi connectivity index (χ1n) is 7.80. The standard InChI is InChI=1S/C17H22N2S/c1-2-4-17-16(3-1)14(12-20-17)10-18-9-13-7-8-19(11-13)15-5-6-15/h1-4,12-13,15,18H,5-11H2. The van der Waals surface area contributed by atoms with Crippen molar-refractivity contribution in [1.82, 2.24) is 10.2 Å². The van der Waals surface area contributed by atoms with Crippen LogP contribution in [0.2, 0.25) is 0 Å². The molecule has 1 saturated heterocycles. The minimum absolute atomic E-state index is 0.862. The van der Waals surface area contributed by atoms with Crippen molar-refractivity contribution in [2.75, 3.05) is 19.6 Å². The van der Waals surface area contributed by atoms with Gasteiger partial charge in [-0.1, -0.05) is 18.2 Å². The minimum Gasteiger partial charge on any atom is -0.312 e.